The van der Waals surface area contributed by atoms with Crippen LogP contribution in [-0.2, 0) is 11.3 Å². The number of amides is 1. The van der Waals surface area contributed by atoms with Gasteiger partial charge in [-0.2, -0.15) is 4.98 Å². The molecule has 3 aromatic rings. The van der Waals surface area contributed by atoms with Gasteiger partial charge >= 0.3 is 0 Å². The van der Waals surface area contributed by atoms with Crippen LogP contribution in [0.2, 0.25) is 0 Å². The third-order valence-corrected chi connectivity index (χ3v) is 4.85. The van der Waals surface area contributed by atoms with Crippen LogP contribution in [0.5, 0.6) is 5.75 Å². The second-order valence-electron chi connectivity index (χ2n) is 6.66. The summed E-state index contributed by atoms with van der Waals surface area (Å²) in [7, 11) is 3.20. The Morgan fingerprint density at radius 3 is 2.93 bits per heavy atom. The van der Waals surface area contributed by atoms with Gasteiger partial charge in [-0.1, -0.05) is 23.4 Å². The molecule has 8 nitrogen and oxygen atoms in total. The molecule has 8 heteroatoms. The Labute approximate surface area is 162 Å². The number of nitrogens with one attached hydrogen (secondary N) is 1. The maximum atomic E-state index is 11.6. The van der Waals surface area contributed by atoms with E-state index in [1.165, 1.54) is 7.05 Å². The van der Waals surface area contributed by atoms with Crippen molar-refractivity contribution in [1.82, 2.24) is 20.4 Å². The van der Waals surface area contributed by atoms with Gasteiger partial charge in [0.2, 0.25) is 5.89 Å². The summed E-state index contributed by atoms with van der Waals surface area (Å²) < 4.78 is 16.5. The smallest absolute Gasteiger partial charge is 0.292 e. The number of methoxy groups -OCH3 is 1. The summed E-state index contributed by atoms with van der Waals surface area (Å²) in [6, 6.07) is 12.4. The van der Waals surface area contributed by atoms with Crippen molar-refractivity contribution >= 4 is 16.7 Å². The van der Waals surface area contributed by atoms with Gasteiger partial charge in [0, 0.05) is 20.1 Å². The lowest BCUT2D eigenvalue weighted by molar-refractivity contribution is -0.0355. The van der Waals surface area contributed by atoms with Gasteiger partial charge in [0.05, 0.1) is 26.4 Å². The van der Waals surface area contributed by atoms with E-state index in [1.54, 1.807) is 7.11 Å². The molecular formula is C20H22N4O4. The zero-order valence-electron chi connectivity index (χ0n) is 15.8. The Balaban J connectivity index is 1.46. The van der Waals surface area contributed by atoms with Gasteiger partial charge in [-0.3, -0.25) is 9.69 Å². The molecule has 4 rings (SSSR count). The molecule has 28 heavy (non-hydrogen) atoms. The first-order valence-corrected chi connectivity index (χ1v) is 9.12. The van der Waals surface area contributed by atoms with E-state index in [1.807, 2.05) is 12.1 Å². The molecular weight excluding hydrogens is 360 g/mol. The number of hydrogen-bond acceptors (Lipinski definition) is 7. The first-order chi connectivity index (χ1) is 13.7. The van der Waals surface area contributed by atoms with Crippen LogP contribution in [0.25, 0.3) is 10.8 Å². The normalized spacial score (nSPS) is 17.6. The van der Waals surface area contributed by atoms with Crippen molar-refractivity contribution in [1.29, 1.82) is 0 Å². The summed E-state index contributed by atoms with van der Waals surface area (Å²) in [5.41, 5.74) is 1.12. The SMILES string of the molecule is CNC(=O)c1noc(CN2CCOC(c3ccc4cc(OC)ccc4c3)C2)n1. The van der Waals surface area contributed by atoms with Crippen molar-refractivity contribution < 1.29 is 18.8 Å². The van der Waals surface area contributed by atoms with E-state index in [9.17, 15) is 4.79 Å². The number of ether oxygens (including phenoxy) is 2. The molecule has 0 spiro atoms. The molecule has 0 aliphatic carbocycles. The Hall–Kier alpha value is -2.97. The van der Waals surface area contributed by atoms with E-state index in [2.05, 4.69) is 44.6 Å². The quantitative estimate of drug-likeness (QED) is 0.723. The lowest BCUT2D eigenvalue weighted by Crippen LogP contribution is -2.37. The molecule has 1 fully saturated rings. The van der Waals surface area contributed by atoms with E-state index < -0.39 is 0 Å². The molecule has 2 aromatic carbocycles. The third kappa shape index (κ3) is 3.83. The number of morpholine rings is 1. The van der Waals surface area contributed by atoms with E-state index >= 15 is 0 Å². The van der Waals surface area contributed by atoms with E-state index in [-0.39, 0.29) is 17.8 Å². The highest BCUT2D eigenvalue weighted by Crippen LogP contribution is 2.28. The highest BCUT2D eigenvalue weighted by Gasteiger charge is 2.24. The molecule has 1 saturated heterocycles. The number of hydrogen-bond donors (Lipinski definition) is 1. The monoisotopic (exact) mass is 382 g/mol. The van der Waals surface area contributed by atoms with Crippen LogP contribution in [-0.4, -0.2) is 54.8 Å². The van der Waals surface area contributed by atoms with Crippen molar-refractivity contribution in [2.24, 2.45) is 0 Å². The molecule has 1 N–H and O–H groups in total. The van der Waals surface area contributed by atoms with Gasteiger partial charge in [0.15, 0.2) is 0 Å². The fourth-order valence-corrected chi connectivity index (χ4v) is 3.33. The second-order valence-corrected chi connectivity index (χ2v) is 6.66. The fourth-order valence-electron chi connectivity index (χ4n) is 3.33. The number of rotatable bonds is 5. The van der Waals surface area contributed by atoms with Gasteiger partial charge < -0.3 is 19.3 Å². The molecule has 1 atom stereocenters. The van der Waals surface area contributed by atoms with Crippen LogP contribution >= 0.6 is 0 Å². The predicted molar refractivity (Wildman–Crippen MR) is 102 cm³/mol. The lowest BCUT2D eigenvalue weighted by atomic mass is 10.0. The van der Waals surface area contributed by atoms with Gasteiger partial charge in [0.25, 0.3) is 11.7 Å². The molecule has 0 radical (unpaired) electrons. The molecule has 1 unspecified atom stereocenters. The number of nitrogens with zero attached hydrogens (tertiary/aromatic N) is 3. The van der Waals surface area contributed by atoms with E-state index in [0.717, 1.165) is 28.6 Å². The topological polar surface area (TPSA) is 89.7 Å². The van der Waals surface area contributed by atoms with Crippen molar-refractivity contribution in [2.75, 3.05) is 33.9 Å². The summed E-state index contributed by atoms with van der Waals surface area (Å²) in [4.78, 5) is 17.9. The molecule has 1 aliphatic heterocycles. The van der Waals surface area contributed by atoms with E-state index in [0.29, 0.717) is 25.6 Å². The fraction of sp³-hybridized carbons (Fsp3) is 0.350. The van der Waals surface area contributed by atoms with Crippen LogP contribution in [0, 0.1) is 0 Å². The Kier molecular flexibility index (Phi) is 5.23. The molecule has 0 bridgehead atoms. The van der Waals surface area contributed by atoms with Gasteiger partial charge in [-0.25, -0.2) is 0 Å². The standard InChI is InChI=1S/C20H22N4O4/c1-21-20(25)19-22-18(28-23-19)12-24-7-8-27-17(11-24)15-4-3-14-10-16(26-2)6-5-13(14)9-15/h3-6,9-10,17H,7-8,11-12H2,1-2H3,(H,21,25). The third-order valence-electron chi connectivity index (χ3n) is 4.85. The average Bonchev–Trinajstić information content (AvgIpc) is 3.21. The van der Waals surface area contributed by atoms with Gasteiger partial charge in [-0.15, -0.1) is 0 Å². The number of fused-ring (bicyclic) bond motifs is 1. The number of benzene rings is 2. The first kappa shape index (κ1) is 18.4. The maximum Gasteiger partial charge on any atom is 0.292 e. The van der Waals surface area contributed by atoms with Crippen LogP contribution < -0.4 is 10.1 Å². The Bertz CT molecular complexity index is 987. The molecule has 1 amide bonds. The highest BCUT2D eigenvalue weighted by molar-refractivity contribution is 5.89. The van der Waals surface area contributed by atoms with Gasteiger partial charge in [-0.05, 0) is 34.5 Å². The average molecular weight is 382 g/mol. The number of carbonyl (C=O) groups is 1. The van der Waals surface area contributed by atoms with Crippen molar-refractivity contribution in [3.63, 3.8) is 0 Å². The number of carbonyl (C=O) groups excluding carboxylic acids is 1. The number of aromatic nitrogens is 2. The first-order valence-electron chi connectivity index (χ1n) is 9.12. The zero-order valence-corrected chi connectivity index (χ0v) is 15.8. The minimum Gasteiger partial charge on any atom is -0.497 e. The predicted octanol–water partition coefficient (Wildman–Crippen LogP) is 2.16. The summed E-state index contributed by atoms with van der Waals surface area (Å²) in [5.74, 6) is 0.954. The summed E-state index contributed by atoms with van der Waals surface area (Å²) in [6.45, 7) is 2.56. The molecule has 1 aliphatic rings. The van der Waals surface area contributed by atoms with Crippen LogP contribution in [0.4, 0.5) is 0 Å². The van der Waals surface area contributed by atoms with Crippen LogP contribution in [0.1, 0.15) is 28.2 Å². The summed E-state index contributed by atoms with van der Waals surface area (Å²) in [5, 5.41) is 8.47. The largest absolute Gasteiger partial charge is 0.497 e. The molecule has 0 saturated carbocycles. The summed E-state index contributed by atoms with van der Waals surface area (Å²) >= 11 is 0. The van der Waals surface area contributed by atoms with Crippen LogP contribution in [0.3, 0.4) is 0 Å². The molecule has 1 aromatic heterocycles. The second kappa shape index (κ2) is 7.95. The minimum atomic E-state index is -0.359. The highest BCUT2D eigenvalue weighted by atomic mass is 16.5. The van der Waals surface area contributed by atoms with Gasteiger partial charge in [0.1, 0.15) is 5.75 Å². The van der Waals surface area contributed by atoms with Crippen LogP contribution in [0.15, 0.2) is 40.9 Å². The zero-order chi connectivity index (χ0) is 19.5. The Morgan fingerprint density at radius 2 is 2.11 bits per heavy atom. The lowest BCUT2D eigenvalue weighted by Gasteiger charge is -2.32. The minimum absolute atomic E-state index is 0.0402. The Morgan fingerprint density at radius 1 is 1.29 bits per heavy atom. The maximum absolute atomic E-state index is 11.6. The molecule has 146 valence electrons. The van der Waals surface area contributed by atoms with Crippen molar-refractivity contribution in [3.8, 4) is 5.75 Å². The molecule has 2 heterocycles. The van der Waals surface area contributed by atoms with Crippen molar-refractivity contribution in [3.05, 3.63) is 53.7 Å². The summed E-state index contributed by atoms with van der Waals surface area (Å²) in [6.07, 6.45) is -0.0402. The van der Waals surface area contributed by atoms with Crippen molar-refractivity contribution in [2.45, 2.75) is 12.6 Å². The van der Waals surface area contributed by atoms with E-state index in [4.69, 9.17) is 14.0 Å².